The van der Waals surface area contributed by atoms with Crippen LogP contribution in [0.1, 0.15) is 31.7 Å². The first kappa shape index (κ1) is 17.5. The molecule has 0 saturated carbocycles. The van der Waals surface area contributed by atoms with E-state index in [1.54, 1.807) is 24.3 Å². The van der Waals surface area contributed by atoms with Crippen LogP contribution < -0.4 is 5.32 Å². The van der Waals surface area contributed by atoms with Crippen molar-refractivity contribution in [2.24, 2.45) is 5.92 Å². The van der Waals surface area contributed by atoms with Crippen molar-refractivity contribution in [1.29, 1.82) is 0 Å². The molecule has 0 spiro atoms. The number of carbonyl (C=O) groups is 2. The van der Waals surface area contributed by atoms with Gasteiger partial charge in [-0.15, -0.1) is 0 Å². The molecule has 0 heterocycles. The summed E-state index contributed by atoms with van der Waals surface area (Å²) in [5, 5.41) is 21.0. The molecule has 0 aliphatic heterocycles. The zero-order chi connectivity index (χ0) is 16.0. The number of carboxylic acid groups (broad SMARTS) is 1. The number of carboxylic acids is 1. The van der Waals surface area contributed by atoms with Crippen LogP contribution in [0.4, 0.5) is 0 Å². The van der Waals surface area contributed by atoms with E-state index in [0.717, 1.165) is 5.56 Å². The van der Waals surface area contributed by atoms with E-state index in [9.17, 15) is 9.59 Å². The van der Waals surface area contributed by atoms with E-state index in [1.807, 2.05) is 13.8 Å². The molecule has 1 unspecified atom stereocenters. The first-order chi connectivity index (χ1) is 9.82. The molecular weight excluding hydrogens is 294 g/mol. The monoisotopic (exact) mass is 313 g/mol. The first-order valence-electron chi connectivity index (χ1n) is 6.77. The number of benzene rings is 1. The van der Waals surface area contributed by atoms with Crippen molar-refractivity contribution in [3.05, 3.63) is 34.9 Å². The number of aliphatic hydroxyl groups excluding tert-OH is 1. The van der Waals surface area contributed by atoms with Gasteiger partial charge in [-0.25, -0.2) is 4.79 Å². The van der Waals surface area contributed by atoms with Crippen LogP contribution >= 0.6 is 11.6 Å². The Hall–Kier alpha value is -1.59. The lowest BCUT2D eigenvalue weighted by Gasteiger charge is -2.21. The van der Waals surface area contributed by atoms with Gasteiger partial charge in [0.2, 0.25) is 5.91 Å². The van der Waals surface area contributed by atoms with Crippen molar-refractivity contribution in [1.82, 2.24) is 5.32 Å². The van der Waals surface area contributed by atoms with Crippen molar-refractivity contribution < 1.29 is 19.8 Å². The van der Waals surface area contributed by atoms with E-state index < -0.39 is 12.1 Å². The smallest absolute Gasteiger partial charge is 0.332 e. The molecule has 3 N–H and O–H groups in total. The molecule has 2 atom stereocenters. The van der Waals surface area contributed by atoms with Gasteiger partial charge in [0.15, 0.2) is 6.10 Å². The number of hydrogen-bond donors (Lipinski definition) is 3. The van der Waals surface area contributed by atoms with Gasteiger partial charge in [-0.1, -0.05) is 37.6 Å². The van der Waals surface area contributed by atoms with E-state index in [2.05, 4.69) is 5.32 Å². The minimum Gasteiger partial charge on any atom is -0.479 e. The Morgan fingerprint density at radius 1 is 1.24 bits per heavy atom. The predicted octanol–water partition coefficient (Wildman–Crippen LogP) is 2.03. The largest absolute Gasteiger partial charge is 0.479 e. The lowest BCUT2D eigenvalue weighted by Crippen LogP contribution is -2.35. The summed E-state index contributed by atoms with van der Waals surface area (Å²) in [6, 6.07) is 7.07. The molecule has 5 nitrogen and oxygen atoms in total. The molecule has 0 aromatic heterocycles. The van der Waals surface area contributed by atoms with Crippen molar-refractivity contribution in [2.45, 2.75) is 32.3 Å². The van der Waals surface area contributed by atoms with Crippen LogP contribution in [0.5, 0.6) is 0 Å². The number of hydrogen-bond acceptors (Lipinski definition) is 3. The van der Waals surface area contributed by atoms with Crippen molar-refractivity contribution >= 4 is 23.5 Å². The van der Waals surface area contributed by atoms with Crippen LogP contribution in [0.3, 0.4) is 0 Å². The van der Waals surface area contributed by atoms with Gasteiger partial charge in [0.1, 0.15) is 0 Å². The zero-order valence-corrected chi connectivity index (χ0v) is 12.8. The minimum absolute atomic E-state index is 0.0213. The summed E-state index contributed by atoms with van der Waals surface area (Å²) in [6.07, 6.45) is -1.48. The third-order valence-electron chi connectivity index (χ3n) is 3.18. The standard InChI is InChI=1S/C15H20ClNO4/c1-9(2)13(10-3-5-11(16)6-4-10)14(19)17-8-7-12(18)15(20)21/h3-6,9,12-13,18H,7-8H2,1-2H3,(H,17,19)(H,20,21)/t12-,13?/m0/s1. The molecule has 1 amide bonds. The van der Waals surface area contributed by atoms with E-state index in [1.165, 1.54) is 0 Å². The first-order valence-corrected chi connectivity index (χ1v) is 7.14. The average Bonchev–Trinajstić information content (AvgIpc) is 2.40. The van der Waals surface area contributed by atoms with E-state index in [0.29, 0.717) is 5.02 Å². The Balaban J connectivity index is 2.66. The van der Waals surface area contributed by atoms with Gasteiger partial charge in [0, 0.05) is 18.0 Å². The maximum Gasteiger partial charge on any atom is 0.332 e. The lowest BCUT2D eigenvalue weighted by molar-refractivity contribution is -0.147. The number of nitrogens with one attached hydrogen (secondary N) is 1. The Bertz CT molecular complexity index is 487. The summed E-state index contributed by atoms with van der Waals surface area (Å²) in [7, 11) is 0. The molecule has 0 radical (unpaired) electrons. The second-order valence-electron chi connectivity index (χ2n) is 5.21. The normalized spacial score (nSPS) is 13.8. The molecule has 0 aliphatic rings. The Kier molecular flexibility index (Phi) is 6.65. The quantitative estimate of drug-likeness (QED) is 0.719. The molecule has 1 aromatic rings. The van der Waals surface area contributed by atoms with Crippen LogP contribution in [0.15, 0.2) is 24.3 Å². The minimum atomic E-state index is -1.46. The van der Waals surface area contributed by atoms with E-state index >= 15 is 0 Å². The summed E-state index contributed by atoms with van der Waals surface area (Å²) >= 11 is 5.84. The lowest BCUT2D eigenvalue weighted by atomic mass is 9.87. The Morgan fingerprint density at radius 2 is 1.81 bits per heavy atom. The fourth-order valence-electron chi connectivity index (χ4n) is 2.07. The molecule has 1 aromatic carbocycles. The average molecular weight is 314 g/mol. The van der Waals surface area contributed by atoms with E-state index in [-0.39, 0.29) is 30.7 Å². The number of carbonyl (C=O) groups excluding carboxylic acids is 1. The summed E-state index contributed by atoms with van der Waals surface area (Å²) < 4.78 is 0. The SMILES string of the molecule is CC(C)C(C(=O)NCC[C@H](O)C(=O)O)c1ccc(Cl)cc1. The van der Waals surface area contributed by atoms with Crippen LogP contribution in [-0.4, -0.2) is 34.7 Å². The molecule has 21 heavy (non-hydrogen) atoms. The Labute approximate surface area is 128 Å². The summed E-state index contributed by atoms with van der Waals surface area (Å²) in [4.78, 5) is 22.7. The fourth-order valence-corrected chi connectivity index (χ4v) is 2.20. The number of rotatable bonds is 7. The molecular formula is C15H20ClNO4. The van der Waals surface area contributed by atoms with Gasteiger partial charge < -0.3 is 15.5 Å². The van der Waals surface area contributed by atoms with Crippen LogP contribution in [0, 0.1) is 5.92 Å². The van der Waals surface area contributed by atoms with Gasteiger partial charge in [0.25, 0.3) is 0 Å². The maximum absolute atomic E-state index is 12.2. The fraction of sp³-hybridized carbons (Fsp3) is 0.467. The van der Waals surface area contributed by atoms with Crippen LogP contribution in [0.2, 0.25) is 5.02 Å². The van der Waals surface area contributed by atoms with Crippen LogP contribution in [-0.2, 0) is 9.59 Å². The highest BCUT2D eigenvalue weighted by atomic mass is 35.5. The summed E-state index contributed by atoms with van der Waals surface area (Å²) in [5.41, 5.74) is 0.852. The Morgan fingerprint density at radius 3 is 2.29 bits per heavy atom. The molecule has 116 valence electrons. The molecule has 1 rings (SSSR count). The highest BCUT2D eigenvalue weighted by molar-refractivity contribution is 6.30. The number of aliphatic hydroxyl groups is 1. The second kappa shape index (κ2) is 8.00. The summed E-state index contributed by atoms with van der Waals surface area (Å²) in [6.45, 7) is 3.99. The van der Waals surface area contributed by atoms with Gasteiger partial charge in [-0.2, -0.15) is 0 Å². The molecule has 0 bridgehead atoms. The van der Waals surface area contributed by atoms with E-state index in [4.69, 9.17) is 21.8 Å². The van der Waals surface area contributed by atoms with Gasteiger partial charge in [-0.05, 0) is 23.6 Å². The topological polar surface area (TPSA) is 86.6 Å². The van der Waals surface area contributed by atoms with Crippen LogP contribution in [0.25, 0.3) is 0 Å². The predicted molar refractivity (Wildman–Crippen MR) is 80.3 cm³/mol. The molecule has 0 fully saturated rings. The number of amides is 1. The second-order valence-corrected chi connectivity index (χ2v) is 5.64. The van der Waals surface area contributed by atoms with Crippen molar-refractivity contribution in [2.75, 3.05) is 6.54 Å². The molecule has 0 aliphatic carbocycles. The highest BCUT2D eigenvalue weighted by Gasteiger charge is 2.24. The van der Waals surface area contributed by atoms with Crippen molar-refractivity contribution in [3.8, 4) is 0 Å². The summed E-state index contributed by atoms with van der Waals surface area (Å²) in [5.74, 6) is -1.74. The maximum atomic E-state index is 12.2. The molecule has 6 heteroatoms. The number of aliphatic carboxylic acids is 1. The van der Waals surface area contributed by atoms with Crippen molar-refractivity contribution in [3.63, 3.8) is 0 Å². The number of halogens is 1. The third-order valence-corrected chi connectivity index (χ3v) is 3.43. The zero-order valence-electron chi connectivity index (χ0n) is 12.0. The van der Waals surface area contributed by atoms with Gasteiger partial charge >= 0.3 is 5.97 Å². The third kappa shape index (κ3) is 5.36. The highest BCUT2D eigenvalue weighted by Crippen LogP contribution is 2.25. The molecule has 0 saturated heterocycles. The van der Waals surface area contributed by atoms with Gasteiger partial charge in [-0.3, -0.25) is 4.79 Å². The van der Waals surface area contributed by atoms with Gasteiger partial charge in [0.05, 0.1) is 5.92 Å².